The molecule has 1 aliphatic rings. The molecule has 1 atom stereocenters. The fraction of sp³-hybridized carbons (Fsp3) is 0.533. The van der Waals surface area contributed by atoms with Gasteiger partial charge in [0.15, 0.2) is 5.13 Å². The zero-order valence-corrected chi connectivity index (χ0v) is 14.2. The minimum absolute atomic E-state index is 0.000487. The predicted molar refractivity (Wildman–Crippen MR) is 88.3 cm³/mol. The second-order valence-corrected chi connectivity index (χ2v) is 6.64. The maximum absolute atomic E-state index is 12.3. The van der Waals surface area contributed by atoms with Crippen LogP contribution in [-0.2, 0) is 11.3 Å². The number of carbonyl (C=O) groups excluding carboxylic acids is 1. The molecule has 8 heteroatoms. The molecule has 124 valence electrons. The van der Waals surface area contributed by atoms with Crippen molar-refractivity contribution in [2.75, 3.05) is 31.5 Å². The first kappa shape index (κ1) is 16.1. The predicted octanol–water partition coefficient (Wildman–Crippen LogP) is 1.58. The Kier molecular flexibility index (Phi) is 5.04. The van der Waals surface area contributed by atoms with Crippen LogP contribution in [0.4, 0.5) is 5.13 Å². The molecule has 1 amide bonds. The van der Waals surface area contributed by atoms with Gasteiger partial charge in [0.05, 0.1) is 11.7 Å². The summed E-state index contributed by atoms with van der Waals surface area (Å²) in [4.78, 5) is 20.9. The Morgan fingerprint density at radius 1 is 1.43 bits per heavy atom. The summed E-state index contributed by atoms with van der Waals surface area (Å²) in [5.74, 6) is 0.839. The maximum Gasteiger partial charge on any atom is 0.243 e. The normalized spacial score (nSPS) is 18.0. The summed E-state index contributed by atoms with van der Waals surface area (Å²) in [5, 5.41) is 9.40. The highest BCUT2D eigenvalue weighted by Crippen LogP contribution is 2.14. The summed E-state index contributed by atoms with van der Waals surface area (Å²) < 4.78 is 5.10. The minimum atomic E-state index is -0.157. The van der Waals surface area contributed by atoms with E-state index in [0.29, 0.717) is 5.13 Å². The van der Waals surface area contributed by atoms with Crippen molar-refractivity contribution in [2.45, 2.75) is 26.4 Å². The molecule has 0 bridgehead atoms. The summed E-state index contributed by atoms with van der Waals surface area (Å²) in [6, 6.07) is 1.81. The largest absolute Gasteiger partial charge is 0.361 e. The van der Waals surface area contributed by atoms with E-state index < -0.39 is 0 Å². The molecule has 3 heterocycles. The topological polar surface area (TPSA) is 74.5 Å². The molecule has 1 saturated heterocycles. The van der Waals surface area contributed by atoms with E-state index in [4.69, 9.17) is 4.52 Å². The van der Waals surface area contributed by atoms with Crippen LogP contribution in [0.3, 0.4) is 0 Å². The molecule has 1 fully saturated rings. The van der Waals surface area contributed by atoms with E-state index in [0.717, 1.165) is 44.2 Å². The number of thiazole rings is 1. The lowest BCUT2D eigenvalue weighted by Crippen LogP contribution is -2.52. The Labute approximate surface area is 139 Å². The van der Waals surface area contributed by atoms with Gasteiger partial charge >= 0.3 is 0 Å². The van der Waals surface area contributed by atoms with Crippen molar-refractivity contribution in [3.8, 4) is 0 Å². The van der Waals surface area contributed by atoms with Crippen LogP contribution < -0.4 is 5.32 Å². The quantitative estimate of drug-likeness (QED) is 0.894. The number of nitrogens with zero attached hydrogens (tertiary/aromatic N) is 4. The second kappa shape index (κ2) is 7.20. The van der Waals surface area contributed by atoms with Crippen molar-refractivity contribution in [1.82, 2.24) is 19.9 Å². The Balaban J connectivity index is 1.47. The molecule has 2 aromatic rings. The van der Waals surface area contributed by atoms with Gasteiger partial charge in [-0.1, -0.05) is 5.16 Å². The summed E-state index contributed by atoms with van der Waals surface area (Å²) in [7, 11) is 0. The Morgan fingerprint density at radius 3 is 2.83 bits per heavy atom. The number of nitrogens with one attached hydrogen (secondary N) is 1. The molecule has 7 nitrogen and oxygen atoms in total. The van der Waals surface area contributed by atoms with Crippen molar-refractivity contribution < 1.29 is 9.32 Å². The second-order valence-electron chi connectivity index (χ2n) is 5.74. The third kappa shape index (κ3) is 4.15. The van der Waals surface area contributed by atoms with Crippen molar-refractivity contribution in [3.63, 3.8) is 0 Å². The fourth-order valence-electron chi connectivity index (χ4n) is 2.69. The number of anilines is 1. The van der Waals surface area contributed by atoms with Gasteiger partial charge in [0.1, 0.15) is 5.76 Å². The number of rotatable bonds is 5. The van der Waals surface area contributed by atoms with Gasteiger partial charge in [0.25, 0.3) is 0 Å². The van der Waals surface area contributed by atoms with Crippen molar-refractivity contribution >= 4 is 22.4 Å². The molecule has 1 N–H and O–H groups in total. The molecule has 0 radical (unpaired) electrons. The average Bonchev–Trinajstić information content (AvgIpc) is 3.19. The number of carbonyl (C=O) groups is 1. The van der Waals surface area contributed by atoms with Gasteiger partial charge in [0.2, 0.25) is 5.91 Å². The van der Waals surface area contributed by atoms with Gasteiger partial charge in [0, 0.05) is 50.4 Å². The van der Waals surface area contributed by atoms with E-state index in [1.165, 1.54) is 11.3 Å². The smallest absolute Gasteiger partial charge is 0.243 e. The fourth-order valence-corrected chi connectivity index (χ4v) is 3.22. The summed E-state index contributed by atoms with van der Waals surface area (Å²) in [6.45, 7) is 8.20. The van der Waals surface area contributed by atoms with Gasteiger partial charge in [-0.15, -0.1) is 11.3 Å². The first-order chi connectivity index (χ1) is 11.1. The summed E-state index contributed by atoms with van der Waals surface area (Å²) in [5.41, 5.74) is 0.963. The highest BCUT2D eigenvalue weighted by Gasteiger charge is 2.26. The van der Waals surface area contributed by atoms with E-state index >= 15 is 0 Å². The van der Waals surface area contributed by atoms with Crippen LogP contribution in [0.15, 0.2) is 22.2 Å². The Hall–Kier alpha value is -1.77. The zero-order valence-electron chi connectivity index (χ0n) is 13.4. The van der Waals surface area contributed by atoms with Crippen LogP contribution >= 0.6 is 11.3 Å². The number of amides is 1. The molecular formula is C15H21N5O2S. The minimum Gasteiger partial charge on any atom is -0.361 e. The van der Waals surface area contributed by atoms with Gasteiger partial charge in [-0.3, -0.25) is 14.6 Å². The number of hydrogen-bond acceptors (Lipinski definition) is 7. The SMILES string of the molecule is Cc1cc(CN2CCN(C(C)C(=O)Nc3nccs3)CC2)no1. The Bertz CT molecular complexity index is 634. The highest BCUT2D eigenvalue weighted by molar-refractivity contribution is 7.13. The molecule has 3 rings (SSSR count). The molecule has 1 aliphatic heterocycles. The standard InChI is InChI=1S/C15H21N5O2S/c1-11-9-13(18-22-11)10-19-4-6-20(7-5-19)12(2)14(21)17-15-16-3-8-23-15/h3,8-9,12H,4-7,10H2,1-2H3,(H,16,17,21). The van der Waals surface area contributed by atoms with Crippen molar-refractivity contribution in [1.29, 1.82) is 0 Å². The molecule has 0 aromatic carbocycles. The van der Waals surface area contributed by atoms with Crippen molar-refractivity contribution in [3.05, 3.63) is 29.1 Å². The maximum atomic E-state index is 12.3. The van der Waals surface area contributed by atoms with Crippen LogP contribution in [0.5, 0.6) is 0 Å². The van der Waals surface area contributed by atoms with E-state index in [1.54, 1.807) is 6.20 Å². The molecule has 2 aromatic heterocycles. The van der Waals surface area contributed by atoms with Gasteiger partial charge in [-0.2, -0.15) is 0 Å². The van der Waals surface area contributed by atoms with Gasteiger partial charge in [-0.05, 0) is 13.8 Å². The number of hydrogen-bond donors (Lipinski definition) is 1. The van der Waals surface area contributed by atoms with Crippen LogP contribution in [0, 0.1) is 6.92 Å². The lowest BCUT2D eigenvalue weighted by atomic mass is 10.2. The lowest BCUT2D eigenvalue weighted by molar-refractivity contribution is -0.121. The van der Waals surface area contributed by atoms with Crippen LogP contribution in [-0.4, -0.2) is 58.1 Å². The van der Waals surface area contributed by atoms with Crippen LogP contribution in [0.2, 0.25) is 0 Å². The molecule has 1 unspecified atom stereocenters. The molecule has 0 saturated carbocycles. The first-order valence-corrected chi connectivity index (χ1v) is 8.59. The zero-order chi connectivity index (χ0) is 16.2. The van der Waals surface area contributed by atoms with E-state index in [1.807, 2.05) is 25.3 Å². The van der Waals surface area contributed by atoms with E-state index in [-0.39, 0.29) is 11.9 Å². The number of aromatic nitrogens is 2. The van der Waals surface area contributed by atoms with E-state index in [9.17, 15) is 4.79 Å². The number of aryl methyl sites for hydroxylation is 1. The average molecular weight is 335 g/mol. The van der Waals surface area contributed by atoms with E-state index in [2.05, 4.69) is 25.3 Å². The third-order valence-corrected chi connectivity index (χ3v) is 4.75. The number of piperazine rings is 1. The first-order valence-electron chi connectivity index (χ1n) is 7.71. The third-order valence-electron chi connectivity index (χ3n) is 4.06. The molecule has 0 aliphatic carbocycles. The monoisotopic (exact) mass is 335 g/mol. The molecular weight excluding hydrogens is 314 g/mol. The summed E-state index contributed by atoms with van der Waals surface area (Å²) >= 11 is 1.43. The lowest BCUT2D eigenvalue weighted by Gasteiger charge is -2.36. The van der Waals surface area contributed by atoms with Crippen LogP contribution in [0.1, 0.15) is 18.4 Å². The highest BCUT2D eigenvalue weighted by atomic mass is 32.1. The Morgan fingerprint density at radius 2 is 2.22 bits per heavy atom. The summed E-state index contributed by atoms with van der Waals surface area (Å²) in [6.07, 6.45) is 1.69. The molecule has 23 heavy (non-hydrogen) atoms. The molecule has 0 spiro atoms. The van der Waals surface area contributed by atoms with Crippen LogP contribution in [0.25, 0.3) is 0 Å². The van der Waals surface area contributed by atoms with Crippen molar-refractivity contribution in [2.24, 2.45) is 0 Å². The van der Waals surface area contributed by atoms with Gasteiger partial charge in [-0.25, -0.2) is 4.98 Å². The van der Waals surface area contributed by atoms with Gasteiger partial charge < -0.3 is 9.84 Å².